The molecule has 0 bridgehead atoms. The van der Waals surface area contributed by atoms with Crippen molar-refractivity contribution in [1.29, 1.82) is 0 Å². The van der Waals surface area contributed by atoms with Gasteiger partial charge in [0.1, 0.15) is 5.41 Å². The Hall–Kier alpha value is -0.860. The van der Waals surface area contributed by atoms with Crippen LogP contribution in [0.1, 0.15) is 19.8 Å². The SMILES string of the molecule is CC1=NOC(=O)C12CC2. The highest BCUT2D eigenvalue weighted by atomic mass is 16.7. The van der Waals surface area contributed by atoms with Crippen LogP contribution >= 0.6 is 0 Å². The predicted octanol–water partition coefficient (Wildman–Crippen LogP) is 0.699. The van der Waals surface area contributed by atoms with Crippen molar-refractivity contribution in [3.63, 3.8) is 0 Å². The van der Waals surface area contributed by atoms with Crippen molar-refractivity contribution in [2.45, 2.75) is 19.8 Å². The Morgan fingerprint density at radius 1 is 1.67 bits per heavy atom. The summed E-state index contributed by atoms with van der Waals surface area (Å²) >= 11 is 0. The fourth-order valence-electron chi connectivity index (χ4n) is 1.12. The van der Waals surface area contributed by atoms with Crippen molar-refractivity contribution in [3.8, 4) is 0 Å². The highest BCUT2D eigenvalue weighted by Gasteiger charge is 2.57. The zero-order valence-corrected chi connectivity index (χ0v) is 5.18. The normalized spacial score (nSPS) is 28.1. The summed E-state index contributed by atoms with van der Waals surface area (Å²) in [6.45, 7) is 1.85. The molecule has 1 fully saturated rings. The second-order valence-electron chi connectivity index (χ2n) is 2.64. The van der Waals surface area contributed by atoms with Crippen LogP contribution in [0.3, 0.4) is 0 Å². The zero-order chi connectivity index (χ0) is 6.48. The molecule has 0 unspecified atom stereocenters. The van der Waals surface area contributed by atoms with Gasteiger partial charge in [0.15, 0.2) is 0 Å². The van der Waals surface area contributed by atoms with E-state index < -0.39 is 0 Å². The number of hydrogen-bond acceptors (Lipinski definition) is 3. The molecule has 0 atom stereocenters. The van der Waals surface area contributed by atoms with Crippen LogP contribution in [0.15, 0.2) is 5.16 Å². The maximum atomic E-state index is 10.8. The molecular weight excluding hydrogens is 118 g/mol. The van der Waals surface area contributed by atoms with Crippen molar-refractivity contribution in [2.24, 2.45) is 10.6 Å². The van der Waals surface area contributed by atoms with Gasteiger partial charge in [0.05, 0.1) is 5.71 Å². The van der Waals surface area contributed by atoms with E-state index in [1.165, 1.54) is 0 Å². The van der Waals surface area contributed by atoms with Crippen LogP contribution in [-0.2, 0) is 9.63 Å². The molecule has 9 heavy (non-hydrogen) atoms. The lowest BCUT2D eigenvalue weighted by atomic mass is 10.0. The summed E-state index contributed by atoms with van der Waals surface area (Å²) in [5.41, 5.74) is 0.604. The minimum Gasteiger partial charge on any atom is -0.317 e. The third-order valence-electron chi connectivity index (χ3n) is 2.10. The molecule has 0 aromatic heterocycles. The topological polar surface area (TPSA) is 38.7 Å². The van der Waals surface area contributed by atoms with Gasteiger partial charge < -0.3 is 4.84 Å². The fraction of sp³-hybridized carbons (Fsp3) is 0.667. The number of carbonyl (C=O) groups excluding carboxylic acids is 1. The quantitative estimate of drug-likeness (QED) is 0.447. The summed E-state index contributed by atoms with van der Waals surface area (Å²) in [7, 11) is 0. The van der Waals surface area contributed by atoms with E-state index in [0.717, 1.165) is 18.6 Å². The van der Waals surface area contributed by atoms with E-state index in [1.54, 1.807) is 0 Å². The predicted molar refractivity (Wildman–Crippen MR) is 30.9 cm³/mol. The maximum absolute atomic E-state index is 10.8. The van der Waals surface area contributed by atoms with E-state index in [4.69, 9.17) is 0 Å². The van der Waals surface area contributed by atoms with Crippen molar-refractivity contribution in [3.05, 3.63) is 0 Å². The summed E-state index contributed by atoms with van der Waals surface area (Å²) in [6, 6.07) is 0. The molecule has 1 aliphatic heterocycles. The molecule has 0 N–H and O–H groups in total. The second kappa shape index (κ2) is 1.17. The van der Waals surface area contributed by atoms with Gasteiger partial charge in [-0.1, -0.05) is 5.16 Å². The molecule has 0 radical (unpaired) electrons. The van der Waals surface area contributed by atoms with Gasteiger partial charge >= 0.3 is 5.97 Å². The Morgan fingerprint density at radius 2 is 2.33 bits per heavy atom. The lowest BCUT2D eigenvalue weighted by molar-refractivity contribution is -0.144. The maximum Gasteiger partial charge on any atom is 0.346 e. The second-order valence-corrected chi connectivity index (χ2v) is 2.64. The lowest BCUT2D eigenvalue weighted by Crippen LogP contribution is -2.16. The highest BCUT2D eigenvalue weighted by Crippen LogP contribution is 2.50. The first kappa shape index (κ1) is 4.97. The molecule has 2 rings (SSSR count). The fourth-order valence-corrected chi connectivity index (χ4v) is 1.12. The van der Waals surface area contributed by atoms with Gasteiger partial charge in [-0.05, 0) is 19.8 Å². The monoisotopic (exact) mass is 125 g/mol. The molecule has 3 heteroatoms. The largest absolute Gasteiger partial charge is 0.346 e. The number of nitrogens with zero attached hydrogens (tertiary/aromatic N) is 1. The molecule has 0 saturated heterocycles. The minimum atomic E-state index is -0.250. The summed E-state index contributed by atoms with van der Waals surface area (Å²) in [6.07, 6.45) is 1.86. The molecule has 3 nitrogen and oxygen atoms in total. The van der Waals surface area contributed by atoms with Crippen molar-refractivity contribution in [1.82, 2.24) is 0 Å². The van der Waals surface area contributed by atoms with E-state index in [2.05, 4.69) is 9.99 Å². The van der Waals surface area contributed by atoms with Crippen molar-refractivity contribution < 1.29 is 9.63 Å². The molecule has 0 aromatic carbocycles. The Kier molecular flexibility index (Phi) is 0.648. The van der Waals surface area contributed by atoms with Crippen LogP contribution in [0.5, 0.6) is 0 Å². The average molecular weight is 125 g/mol. The molecule has 1 aliphatic carbocycles. The molecular formula is C6H7NO2. The van der Waals surface area contributed by atoms with Gasteiger partial charge in [-0.3, -0.25) is 0 Å². The number of rotatable bonds is 0. The molecule has 0 aromatic rings. The van der Waals surface area contributed by atoms with E-state index in [-0.39, 0.29) is 11.4 Å². The Balaban J connectivity index is 2.38. The first-order valence-corrected chi connectivity index (χ1v) is 3.02. The third kappa shape index (κ3) is 0.422. The molecule has 0 amide bonds. The first-order valence-electron chi connectivity index (χ1n) is 3.02. The van der Waals surface area contributed by atoms with Crippen molar-refractivity contribution >= 4 is 11.7 Å². The van der Waals surface area contributed by atoms with Gasteiger partial charge in [-0.25, -0.2) is 4.79 Å². The van der Waals surface area contributed by atoms with Gasteiger partial charge in [-0.2, -0.15) is 0 Å². The number of hydrogen-bond donors (Lipinski definition) is 0. The van der Waals surface area contributed by atoms with Gasteiger partial charge in [0, 0.05) is 0 Å². The van der Waals surface area contributed by atoms with Crippen LogP contribution in [-0.4, -0.2) is 11.7 Å². The minimum absolute atomic E-state index is 0.153. The van der Waals surface area contributed by atoms with E-state index in [1.807, 2.05) is 6.92 Å². The Labute approximate surface area is 52.7 Å². The van der Waals surface area contributed by atoms with Gasteiger partial charge in [0.2, 0.25) is 0 Å². The summed E-state index contributed by atoms with van der Waals surface area (Å²) in [5.74, 6) is -0.153. The Bertz CT molecular complexity index is 203. The smallest absolute Gasteiger partial charge is 0.317 e. The highest BCUT2D eigenvalue weighted by molar-refractivity contribution is 6.10. The molecule has 2 aliphatic rings. The zero-order valence-electron chi connectivity index (χ0n) is 5.18. The molecule has 1 heterocycles. The number of carbonyl (C=O) groups is 1. The summed E-state index contributed by atoms with van der Waals surface area (Å²) in [4.78, 5) is 15.3. The van der Waals surface area contributed by atoms with E-state index in [0.29, 0.717) is 0 Å². The van der Waals surface area contributed by atoms with Crippen LogP contribution in [0.25, 0.3) is 0 Å². The third-order valence-corrected chi connectivity index (χ3v) is 2.10. The standard InChI is InChI=1S/C6H7NO2/c1-4-6(2-3-6)5(8)9-7-4/h2-3H2,1H3. The van der Waals surface area contributed by atoms with Crippen LogP contribution < -0.4 is 0 Å². The lowest BCUT2D eigenvalue weighted by Gasteiger charge is -1.95. The van der Waals surface area contributed by atoms with Crippen LogP contribution in [0, 0.1) is 5.41 Å². The summed E-state index contributed by atoms with van der Waals surface area (Å²) < 4.78 is 0. The molecule has 1 spiro atoms. The van der Waals surface area contributed by atoms with E-state index in [9.17, 15) is 4.79 Å². The average Bonchev–Trinajstić information content (AvgIpc) is 2.56. The van der Waals surface area contributed by atoms with Gasteiger partial charge in [0.25, 0.3) is 0 Å². The summed E-state index contributed by atoms with van der Waals surface area (Å²) in [5, 5.41) is 3.60. The molecule has 1 saturated carbocycles. The van der Waals surface area contributed by atoms with Gasteiger partial charge in [-0.15, -0.1) is 0 Å². The van der Waals surface area contributed by atoms with Crippen molar-refractivity contribution in [2.75, 3.05) is 0 Å². The first-order chi connectivity index (χ1) is 4.26. The Morgan fingerprint density at radius 3 is 2.56 bits per heavy atom. The van der Waals surface area contributed by atoms with Crippen LogP contribution in [0.2, 0.25) is 0 Å². The molecule has 48 valence electrons. The van der Waals surface area contributed by atoms with E-state index >= 15 is 0 Å². The number of oxime groups is 1. The van der Waals surface area contributed by atoms with Crippen LogP contribution in [0.4, 0.5) is 0 Å².